The molecule has 2 unspecified atom stereocenters. The van der Waals surface area contributed by atoms with E-state index in [4.69, 9.17) is 5.73 Å². The Morgan fingerprint density at radius 1 is 1.33 bits per heavy atom. The molecule has 3 N–H and O–H groups in total. The molecule has 6 nitrogen and oxygen atoms in total. The third-order valence-electron chi connectivity index (χ3n) is 4.70. The van der Waals surface area contributed by atoms with E-state index in [9.17, 15) is 13.2 Å². The molecule has 0 radical (unpaired) electrons. The van der Waals surface area contributed by atoms with Crippen LogP contribution in [0.3, 0.4) is 0 Å². The van der Waals surface area contributed by atoms with Crippen molar-refractivity contribution in [2.24, 2.45) is 11.7 Å². The largest absolute Gasteiger partial charge is 0.348 e. The van der Waals surface area contributed by atoms with Gasteiger partial charge < -0.3 is 11.1 Å². The van der Waals surface area contributed by atoms with Gasteiger partial charge in [0, 0.05) is 30.6 Å². The first-order chi connectivity index (χ1) is 11.5. The summed E-state index contributed by atoms with van der Waals surface area (Å²) in [7, 11) is -3.60. The molecular weight excluding hydrogens is 366 g/mol. The van der Waals surface area contributed by atoms with Crippen LogP contribution in [0.1, 0.15) is 28.9 Å². The van der Waals surface area contributed by atoms with E-state index >= 15 is 0 Å². The van der Waals surface area contributed by atoms with Gasteiger partial charge in [-0.25, -0.2) is 8.42 Å². The Morgan fingerprint density at radius 3 is 2.79 bits per heavy atom. The van der Waals surface area contributed by atoms with Crippen molar-refractivity contribution in [2.45, 2.75) is 30.2 Å². The molecule has 0 spiro atoms. The van der Waals surface area contributed by atoms with Crippen LogP contribution in [0, 0.1) is 5.92 Å². The van der Waals surface area contributed by atoms with Crippen LogP contribution in [0.2, 0.25) is 0 Å². The summed E-state index contributed by atoms with van der Waals surface area (Å²) in [5.41, 5.74) is 5.76. The zero-order chi connectivity index (χ0) is 17.2. The number of rotatable bonds is 5. The molecule has 2 atom stereocenters. The van der Waals surface area contributed by atoms with Crippen LogP contribution < -0.4 is 11.1 Å². The second kappa shape index (κ2) is 7.74. The SMILES string of the molecule is NCC1CCCC1NC(=O)c1sccc1S(=O)(=O)N1CCSCC1. The van der Waals surface area contributed by atoms with Crippen LogP contribution in [-0.2, 0) is 10.0 Å². The highest BCUT2D eigenvalue weighted by Gasteiger charge is 2.33. The summed E-state index contributed by atoms with van der Waals surface area (Å²) in [5.74, 6) is 1.59. The normalized spacial score (nSPS) is 25.7. The number of thioether (sulfide) groups is 1. The summed E-state index contributed by atoms with van der Waals surface area (Å²) in [6.45, 7) is 1.55. The molecule has 2 heterocycles. The zero-order valence-corrected chi connectivity index (χ0v) is 15.9. The van der Waals surface area contributed by atoms with Crippen molar-refractivity contribution in [3.05, 3.63) is 16.3 Å². The second-order valence-corrected chi connectivity index (χ2v) is 10.2. The predicted molar refractivity (Wildman–Crippen MR) is 98.1 cm³/mol. The molecule has 1 saturated heterocycles. The van der Waals surface area contributed by atoms with Crippen molar-refractivity contribution in [2.75, 3.05) is 31.1 Å². The molecule has 1 aromatic heterocycles. The number of carbonyl (C=O) groups excluding carboxylic acids is 1. The van der Waals surface area contributed by atoms with E-state index in [-0.39, 0.29) is 27.6 Å². The molecule has 1 amide bonds. The number of nitrogens with zero attached hydrogens (tertiary/aromatic N) is 1. The molecule has 0 bridgehead atoms. The van der Waals surface area contributed by atoms with Crippen molar-refractivity contribution >= 4 is 39.0 Å². The molecule has 2 aliphatic rings. The van der Waals surface area contributed by atoms with Crippen LogP contribution in [0.5, 0.6) is 0 Å². The Balaban J connectivity index is 1.78. The smallest absolute Gasteiger partial charge is 0.262 e. The zero-order valence-electron chi connectivity index (χ0n) is 13.4. The minimum Gasteiger partial charge on any atom is -0.348 e. The van der Waals surface area contributed by atoms with Gasteiger partial charge >= 0.3 is 0 Å². The Kier molecular flexibility index (Phi) is 5.86. The van der Waals surface area contributed by atoms with Gasteiger partial charge in [-0.2, -0.15) is 16.1 Å². The maximum Gasteiger partial charge on any atom is 0.262 e. The standard InChI is InChI=1S/C15H23N3O3S3/c16-10-11-2-1-3-12(11)17-15(19)14-13(4-7-23-14)24(20,21)18-5-8-22-9-6-18/h4,7,11-12H,1-3,5-6,8-10,16H2,(H,17,19). The summed E-state index contributed by atoms with van der Waals surface area (Å²) in [6.07, 6.45) is 2.97. The van der Waals surface area contributed by atoms with Crippen molar-refractivity contribution in [1.29, 1.82) is 0 Å². The molecule has 9 heteroatoms. The van der Waals surface area contributed by atoms with Gasteiger partial charge in [0.2, 0.25) is 10.0 Å². The average Bonchev–Trinajstić information content (AvgIpc) is 3.24. The molecule has 3 rings (SSSR count). The maximum absolute atomic E-state index is 12.9. The second-order valence-electron chi connectivity index (χ2n) is 6.14. The fraction of sp³-hybridized carbons (Fsp3) is 0.667. The van der Waals surface area contributed by atoms with Gasteiger partial charge in [-0.15, -0.1) is 11.3 Å². The van der Waals surface area contributed by atoms with Crippen LogP contribution in [-0.4, -0.2) is 55.8 Å². The molecular formula is C15H23N3O3S3. The lowest BCUT2D eigenvalue weighted by Gasteiger charge is -2.26. The first kappa shape index (κ1) is 18.2. The van der Waals surface area contributed by atoms with E-state index in [1.807, 2.05) is 0 Å². The highest BCUT2D eigenvalue weighted by atomic mass is 32.2. The molecule has 24 heavy (non-hydrogen) atoms. The lowest BCUT2D eigenvalue weighted by atomic mass is 10.0. The number of nitrogens with two attached hydrogens (primary N) is 1. The average molecular weight is 390 g/mol. The number of sulfonamides is 1. The Morgan fingerprint density at radius 2 is 2.08 bits per heavy atom. The fourth-order valence-electron chi connectivity index (χ4n) is 3.34. The highest BCUT2D eigenvalue weighted by molar-refractivity contribution is 7.99. The summed E-state index contributed by atoms with van der Waals surface area (Å²) >= 11 is 2.94. The van der Waals surface area contributed by atoms with E-state index in [1.165, 1.54) is 15.6 Å². The summed E-state index contributed by atoms with van der Waals surface area (Å²) < 4.78 is 27.2. The summed E-state index contributed by atoms with van der Waals surface area (Å²) in [4.78, 5) is 13.1. The first-order valence-corrected chi connectivity index (χ1v) is 11.7. The van der Waals surface area contributed by atoms with Gasteiger partial charge in [-0.1, -0.05) is 6.42 Å². The third-order valence-corrected chi connectivity index (χ3v) is 8.63. The predicted octanol–water partition coefficient (Wildman–Crippen LogP) is 1.34. The number of hydrogen-bond donors (Lipinski definition) is 2. The van der Waals surface area contributed by atoms with Gasteiger partial charge in [0.25, 0.3) is 5.91 Å². The van der Waals surface area contributed by atoms with Gasteiger partial charge in [0.15, 0.2) is 0 Å². The minimum atomic E-state index is -3.60. The van der Waals surface area contributed by atoms with Crippen molar-refractivity contribution in [3.63, 3.8) is 0 Å². The Hall–Kier alpha value is -0.610. The summed E-state index contributed by atoms with van der Waals surface area (Å²) in [6, 6.07) is 1.60. The lowest BCUT2D eigenvalue weighted by Crippen LogP contribution is -2.41. The Bertz CT molecular complexity index is 683. The van der Waals surface area contributed by atoms with Crippen LogP contribution in [0.15, 0.2) is 16.3 Å². The number of amides is 1. The van der Waals surface area contributed by atoms with Gasteiger partial charge in [0.1, 0.15) is 9.77 Å². The summed E-state index contributed by atoms with van der Waals surface area (Å²) in [5, 5.41) is 4.68. The van der Waals surface area contributed by atoms with Gasteiger partial charge in [0.05, 0.1) is 0 Å². The number of nitrogens with one attached hydrogen (secondary N) is 1. The van der Waals surface area contributed by atoms with Crippen LogP contribution in [0.25, 0.3) is 0 Å². The number of carbonyl (C=O) groups is 1. The van der Waals surface area contributed by atoms with Crippen LogP contribution >= 0.6 is 23.1 Å². The quantitative estimate of drug-likeness (QED) is 0.793. The van der Waals surface area contributed by atoms with E-state index < -0.39 is 10.0 Å². The molecule has 1 saturated carbocycles. The minimum absolute atomic E-state index is 0.0477. The van der Waals surface area contributed by atoms with E-state index in [0.29, 0.717) is 19.6 Å². The molecule has 134 valence electrons. The van der Waals surface area contributed by atoms with E-state index in [0.717, 1.165) is 30.8 Å². The maximum atomic E-state index is 12.9. The molecule has 1 aliphatic heterocycles. The topological polar surface area (TPSA) is 92.5 Å². The first-order valence-electron chi connectivity index (χ1n) is 8.20. The van der Waals surface area contributed by atoms with Crippen molar-refractivity contribution in [3.8, 4) is 0 Å². The van der Waals surface area contributed by atoms with E-state index in [2.05, 4.69) is 5.32 Å². The molecule has 0 aromatic carbocycles. The molecule has 1 aromatic rings. The lowest BCUT2D eigenvalue weighted by molar-refractivity contribution is 0.0929. The molecule has 1 aliphatic carbocycles. The van der Waals surface area contributed by atoms with Crippen LogP contribution in [0.4, 0.5) is 0 Å². The van der Waals surface area contributed by atoms with Gasteiger partial charge in [-0.05, 0) is 36.8 Å². The highest BCUT2D eigenvalue weighted by Crippen LogP contribution is 2.29. The van der Waals surface area contributed by atoms with Gasteiger partial charge in [-0.3, -0.25) is 4.79 Å². The number of hydrogen-bond acceptors (Lipinski definition) is 6. The Labute approximate surface area is 151 Å². The number of thiophene rings is 1. The van der Waals surface area contributed by atoms with Crippen molar-refractivity contribution < 1.29 is 13.2 Å². The van der Waals surface area contributed by atoms with Crippen molar-refractivity contribution in [1.82, 2.24) is 9.62 Å². The molecule has 2 fully saturated rings. The third kappa shape index (κ3) is 3.65. The fourth-order valence-corrected chi connectivity index (χ4v) is 7.21. The monoisotopic (exact) mass is 389 g/mol. The van der Waals surface area contributed by atoms with E-state index in [1.54, 1.807) is 23.2 Å².